The second-order valence-corrected chi connectivity index (χ2v) is 4.86. The molecule has 4 nitrogen and oxygen atoms in total. The van der Waals surface area contributed by atoms with Crippen LogP contribution in [-0.4, -0.2) is 9.97 Å². The van der Waals surface area contributed by atoms with Gasteiger partial charge in [-0.15, -0.1) is 0 Å². The van der Waals surface area contributed by atoms with Gasteiger partial charge in [-0.1, -0.05) is 20.8 Å². The van der Waals surface area contributed by atoms with Crippen molar-refractivity contribution in [1.29, 1.82) is 0 Å². The van der Waals surface area contributed by atoms with Crippen molar-refractivity contribution in [3.05, 3.63) is 17.6 Å². The van der Waals surface area contributed by atoms with Crippen LogP contribution in [0.25, 0.3) is 0 Å². The van der Waals surface area contributed by atoms with Crippen LogP contribution in [0.1, 0.15) is 51.0 Å². The van der Waals surface area contributed by atoms with E-state index in [9.17, 15) is 0 Å². The largest absolute Gasteiger partial charge is 0.308 e. The van der Waals surface area contributed by atoms with Crippen molar-refractivity contribution >= 4 is 5.82 Å². The summed E-state index contributed by atoms with van der Waals surface area (Å²) in [5.41, 5.74) is 3.86. The molecule has 15 heavy (non-hydrogen) atoms. The number of anilines is 1. The number of nitrogens with zero attached hydrogens (tertiary/aromatic N) is 2. The number of nitrogens with two attached hydrogens (primary N) is 1. The number of nitrogens with one attached hydrogen (secondary N) is 1. The van der Waals surface area contributed by atoms with Crippen LogP contribution in [-0.2, 0) is 5.41 Å². The lowest BCUT2D eigenvalue weighted by molar-refractivity contribution is 0.684. The Hall–Kier alpha value is -1.16. The minimum Gasteiger partial charge on any atom is -0.308 e. The molecule has 1 aliphatic carbocycles. The van der Waals surface area contributed by atoms with E-state index >= 15 is 0 Å². The van der Waals surface area contributed by atoms with Crippen LogP contribution >= 0.6 is 0 Å². The molecule has 0 amide bonds. The zero-order valence-corrected chi connectivity index (χ0v) is 9.54. The second kappa shape index (κ2) is 3.45. The van der Waals surface area contributed by atoms with Crippen molar-refractivity contribution in [1.82, 2.24) is 9.97 Å². The van der Waals surface area contributed by atoms with E-state index in [-0.39, 0.29) is 5.41 Å². The third kappa shape index (κ3) is 1.95. The Morgan fingerprint density at radius 3 is 2.53 bits per heavy atom. The van der Waals surface area contributed by atoms with Gasteiger partial charge in [0, 0.05) is 17.2 Å². The highest BCUT2D eigenvalue weighted by Gasteiger charge is 2.42. The molecule has 1 aliphatic rings. The van der Waals surface area contributed by atoms with Gasteiger partial charge >= 0.3 is 0 Å². The highest BCUT2D eigenvalue weighted by atomic mass is 15.3. The molecule has 1 aromatic rings. The molecule has 4 heteroatoms. The minimum atomic E-state index is 0.191. The maximum absolute atomic E-state index is 5.41. The summed E-state index contributed by atoms with van der Waals surface area (Å²) < 4.78 is 0. The monoisotopic (exact) mass is 206 g/mol. The molecule has 82 valence electrons. The van der Waals surface area contributed by atoms with Gasteiger partial charge in [-0.05, 0) is 18.8 Å². The summed E-state index contributed by atoms with van der Waals surface area (Å²) in [7, 11) is 0. The van der Waals surface area contributed by atoms with Crippen molar-refractivity contribution in [3.63, 3.8) is 0 Å². The number of aromatic nitrogens is 2. The fourth-order valence-corrected chi connectivity index (χ4v) is 1.52. The van der Waals surface area contributed by atoms with E-state index in [0.29, 0.717) is 5.92 Å². The minimum absolute atomic E-state index is 0.191. The van der Waals surface area contributed by atoms with Crippen LogP contribution < -0.4 is 11.3 Å². The van der Waals surface area contributed by atoms with E-state index in [0.717, 1.165) is 17.3 Å². The van der Waals surface area contributed by atoms with Gasteiger partial charge in [-0.3, -0.25) is 0 Å². The summed E-state index contributed by atoms with van der Waals surface area (Å²) in [6.07, 6.45) is 2.36. The second-order valence-electron chi connectivity index (χ2n) is 4.86. The lowest BCUT2D eigenvalue weighted by atomic mass is 10.1. The van der Waals surface area contributed by atoms with Gasteiger partial charge < -0.3 is 5.43 Å². The number of rotatable bonds is 3. The van der Waals surface area contributed by atoms with E-state index in [4.69, 9.17) is 5.84 Å². The predicted octanol–water partition coefficient (Wildman–Crippen LogP) is 1.94. The third-order valence-electron chi connectivity index (χ3n) is 3.03. The Morgan fingerprint density at radius 2 is 2.07 bits per heavy atom. The average Bonchev–Trinajstić information content (AvgIpc) is 2.97. The molecule has 0 unspecified atom stereocenters. The van der Waals surface area contributed by atoms with Gasteiger partial charge in [0.05, 0.1) is 0 Å². The molecule has 0 spiro atoms. The molecule has 1 fully saturated rings. The Labute approximate surface area is 90.3 Å². The third-order valence-corrected chi connectivity index (χ3v) is 3.03. The molecule has 0 aliphatic heterocycles. The molecule has 1 heterocycles. The van der Waals surface area contributed by atoms with E-state index in [1.54, 1.807) is 0 Å². The number of nitrogen functional groups attached to an aromatic ring is 1. The highest BCUT2D eigenvalue weighted by molar-refractivity contribution is 5.37. The van der Waals surface area contributed by atoms with Crippen molar-refractivity contribution < 1.29 is 0 Å². The fraction of sp³-hybridized carbons (Fsp3) is 0.636. The lowest BCUT2D eigenvalue weighted by Gasteiger charge is -2.13. The molecular weight excluding hydrogens is 188 g/mol. The van der Waals surface area contributed by atoms with E-state index < -0.39 is 0 Å². The fourth-order valence-electron chi connectivity index (χ4n) is 1.52. The summed E-state index contributed by atoms with van der Waals surface area (Å²) in [6, 6.07) is 1.92. The molecule has 0 bridgehead atoms. The van der Waals surface area contributed by atoms with Gasteiger partial charge in [0.1, 0.15) is 11.6 Å². The van der Waals surface area contributed by atoms with Crippen LogP contribution in [0.2, 0.25) is 0 Å². The quantitative estimate of drug-likeness (QED) is 0.586. The number of hydrogen-bond donors (Lipinski definition) is 2. The summed E-state index contributed by atoms with van der Waals surface area (Å²) in [5.74, 6) is 7.47. The molecule has 3 N–H and O–H groups in total. The van der Waals surface area contributed by atoms with Crippen LogP contribution in [0.15, 0.2) is 6.07 Å². The first kappa shape index (κ1) is 10.4. The van der Waals surface area contributed by atoms with Crippen LogP contribution in [0.5, 0.6) is 0 Å². The standard InChI is InChI=1S/C11H18N4/c1-7(2)8-6-9(15-12)14-10(13-8)11(3)4-5-11/h6-7H,4-5,12H2,1-3H3,(H,13,14,15). The summed E-state index contributed by atoms with van der Waals surface area (Å²) >= 11 is 0. The average molecular weight is 206 g/mol. The van der Waals surface area contributed by atoms with Crippen molar-refractivity contribution in [3.8, 4) is 0 Å². The molecule has 1 saturated carbocycles. The Kier molecular flexibility index (Phi) is 2.38. The summed E-state index contributed by atoms with van der Waals surface area (Å²) in [5, 5.41) is 0. The molecule has 0 radical (unpaired) electrons. The van der Waals surface area contributed by atoms with Gasteiger partial charge in [0.15, 0.2) is 0 Å². The Morgan fingerprint density at radius 1 is 1.40 bits per heavy atom. The zero-order chi connectivity index (χ0) is 11.1. The van der Waals surface area contributed by atoms with Crippen molar-refractivity contribution in [2.45, 2.75) is 44.9 Å². The normalized spacial score (nSPS) is 17.9. The van der Waals surface area contributed by atoms with E-state index in [2.05, 4.69) is 36.2 Å². The molecule has 0 atom stereocenters. The number of hydrazine groups is 1. The highest BCUT2D eigenvalue weighted by Crippen LogP contribution is 2.46. The maximum atomic E-state index is 5.41. The molecule has 0 aromatic carbocycles. The number of hydrogen-bond acceptors (Lipinski definition) is 4. The molecule has 0 saturated heterocycles. The summed E-state index contributed by atoms with van der Waals surface area (Å²) in [6.45, 7) is 6.45. The Bertz CT molecular complexity index is 369. The summed E-state index contributed by atoms with van der Waals surface area (Å²) in [4.78, 5) is 9.03. The lowest BCUT2D eigenvalue weighted by Crippen LogP contribution is -2.15. The molecular formula is C11H18N4. The van der Waals surface area contributed by atoms with Crippen LogP contribution in [0.3, 0.4) is 0 Å². The van der Waals surface area contributed by atoms with Crippen LogP contribution in [0, 0.1) is 0 Å². The molecule has 1 aromatic heterocycles. The van der Waals surface area contributed by atoms with Crippen molar-refractivity contribution in [2.75, 3.05) is 5.43 Å². The first-order valence-corrected chi connectivity index (χ1v) is 5.41. The molecule has 2 rings (SSSR count). The zero-order valence-electron chi connectivity index (χ0n) is 9.54. The van der Waals surface area contributed by atoms with Gasteiger partial charge in [0.2, 0.25) is 0 Å². The Balaban J connectivity index is 2.42. The van der Waals surface area contributed by atoms with Gasteiger partial charge in [-0.25, -0.2) is 15.8 Å². The smallest absolute Gasteiger partial charge is 0.143 e. The van der Waals surface area contributed by atoms with Crippen molar-refractivity contribution in [2.24, 2.45) is 5.84 Å². The topological polar surface area (TPSA) is 63.8 Å². The van der Waals surface area contributed by atoms with Gasteiger partial charge in [0.25, 0.3) is 0 Å². The predicted molar refractivity (Wildman–Crippen MR) is 60.5 cm³/mol. The first-order chi connectivity index (χ1) is 7.05. The first-order valence-electron chi connectivity index (χ1n) is 5.41. The van der Waals surface area contributed by atoms with Crippen LogP contribution in [0.4, 0.5) is 5.82 Å². The maximum Gasteiger partial charge on any atom is 0.143 e. The SMILES string of the molecule is CC(C)c1cc(NN)nc(C2(C)CC2)n1. The van der Waals surface area contributed by atoms with E-state index in [1.807, 2.05) is 6.07 Å². The van der Waals surface area contributed by atoms with E-state index in [1.165, 1.54) is 12.8 Å². The van der Waals surface area contributed by atoms with Gasteiger partial charge in [-0.2, -0.15) is 0 Å².